The van der Waals surface area contributed by atoms with Crippen molar-refractivity contribution in [3.05, 3.63) is 53.2 Å². The van der Waals surface area contributed by atoms with Gasteiger partial charge in [-0.2, -0.15) is 5.26 Å². The van der Waals surface area contributed by atoms with E-state index in [2.05, 4.69) is 15.3 Å². The number of fused-ring (bicyclic) bond motifs is 1. The smallest absolute Gasteiger partial charge is 0.258 e. The number of hydrogen-bond acceptors (Lipinski definition) is 7. The summed E-state index contributed by atoms with van der Waals surface area (Å²) in [6.45, 7) is 3.49. The molecule has 1 unspecified atom stereocenters. The molecule has 0 aliphatic carbocycles. The normalized spacial score (nSPS) is 11.7. The van der Waals surface area contributed by atoms with Crippen LogP contribution in [-0.4, -0.2) is 71.8 Å². The van der Waals surface area contributed by atoms with Crippen molar-refractivity contribution in [2.75, 3.05) is 39.7 Å². The molecule has 0 radical (unpaired) electrons. The van der Waals surface area contributed by atoms with Crippen LogP contribution in [0.2, 0.25) is 0 Å². The Morgan fingerprint density at radius 2 is 2.06 bits per heavy atom. The summed E-state index contributed by atoms with van der Waals surface area (Å²) in [6.07, 6.45) is 2.93. The highest BCUT2D eigenvalue weighted by Crippen LogP contribution is 2.21. The van der Waals surface area contributed by atoms with Crippen molar-refractivity contribution >= 4 is 28.9 Å². The number of ether oxygens (including phenoxy) is 2. The number of aryl methyl sites for hydroxylation is 1. The molecule has 184 valence electrons. The lowest BCUT2D eigenvalue weighted by Gasteiger charge is -2.22. The number of nitriles is 1. The van der Waals surface area contributed by atoms with Crippen molar-refractivity contribution in [2.24, 2.45) is 0 Å². The van der Waals surface area contributed by atoms with E-state index in [4.69, 9.17) is 14.7 Å². The molecule has 35 heavy (non-hydrogen) atoms. The molecule has 0 aliphatic rings. The maximum absolute atomic E-state index is 13.0. The van der Waals surface area contributed by atoms with Gasteiger partial charge in [-0.1, -0.05) is 13.0 Å². The second-order valence-electron chi connectivity index (χ2n) is 8.10. The maximum Gasteiger partial charge on any atom is 0.258 e. The quantitative estimate of drug-likeness (QED) is 0.420. The lowest BCUT2D eigenvalue weighted by atomic mass is 10.1. The molecule has 2 amide bonds. The first kappa shape index (κ1) is 25.8. The molecular formula is C25H30N6O4. The fourth-order valence-electron chi connectivity index (χ4n) is 3.68. The molecule has 1 atom stereocenters. The SMILES string of the molecule is CCC(CN(C)C(=O)c1cnc2c(c1)nc(NC(=O)c1cccc(C#N)c1)n2CCCOC)OC. The van der Waals surface area contributed by atoms with Crippen LogP contribution in [0.1, 0.15) is 46.0 Å². The molecule has 2 heterocycles. The molecule has 1 aromatic carbocycles. The zero-order valence-corrected chi connectivity index (χ0v) is 20.4. The third kappa shape index (κ3) is 6.20. The van der Waals surface area contributed by atoms with Gasteiger partial charge in [0.15, 0.2) is 5.65 Å². The number of nitrogens with zero attached hydrogens (tertiary/aromatic N) is 5. The summed E-state index contributed by atoms with van der Waals surface area (Å²) in [5.41, 5.74) is 2.16. The Kier molecular flexibility index (Phi) is 8.89. The molecule has 0 saturated heterocycles. The van der Waals surface area contributed by atoms with Gasteiger partial charge in [0.25, 0.3) is 11.8 Å². The Morgan fingerprint density at radius 1 is 1.26 bits per heavy atom. The van der Waals surface area contributed by atoms with E-state index in [0.717, 1.165) is 6.42 Å². The number of aromatic nitrogens is 3. The van der Waals surface area contributed by atoms with E-state index in [9.17, 15) is 9.59 Å². The third-order valence-electron chi connectivity index (χ3n) is 5.65. The average molecular weight is 479 g/mol. The molecule has 3 rings (SSSR count). The molecule has 0 bridgehead atoms. The van der Waals surface area contributed by atoms with E-state index in [1.165, 1.54) is 12.3 Å². The van der Waals surface area contributed by atoms with Crippen LogP contribution in [0.3, 0.4) is 0 Å². The summed E-state index contributed by atoms with van der Waals surface area (Å²) in [5.74, 6) is -0.284. The minimum absolute atomic E-state index is 0.0537. The molecule has 10 heteroatoms. The number of carbonyl (C=O) groups excluding carboxylic acids is 2. The van der Waals surface area contributed by atoms with E-state index >= 15 is 0 Å². The second-order valence-corrected chi connectivity index (χ2v) is 8.10. The summed E-state index contributed by atoms with van der Waals surface area (Å²) in [6, 6.07) is 10.1. The van der Waals surface area contributed by atoms with Crippen LogP contribution in [0, 0.1) is 11.3 Å². The highest BCUT2D eigenvalue weighted by Gasteiger charge is 2.20. The lowest BCUT2D eigenvalue weighted by molar-refractivity contribution is 0.0529. The summed E-state index contributed by atoms with van der Waals surface area (Å²) in [5, 5.41) is 11.9. The van der Waals surface area contributed by atoms with Gasteiger partial charge in [0.2, 0.25) is 5.95 Å². The summed E-state index contributed by atoms with van der Waals surface area (Å²) >= 11 is 0. The van der Waals surface area contributed by atoms with Crippen LogP contribution in [-0.2, 0) is 16.0 Å². The Labute approximate surface area is 204 Å². The number of pyridine rings is 1. The molecule has 2 aromatic heterocycles. The van der Waals surface area contributed by atoms with Crippen molar-refractivity contribution in [1.29, 1.82) is 5.26 Å². The van der Waals surface area contributed by atoms with Crippen LogP contribution in [0.5, 0.6) is 0 Å². The zero-order chi connectivity index (χ0) is 25.4. The van der Waals surface area contributed by atoms with Crippen LogP contribution in [0.25, 0.3) is 11.2 Å². The van der Waals surface area contributed by atoms with E-state index in [0.29, 0.717) is 59.9 Å². The minimum atomic E-state index is -0.397. The summed E-state index contributed by atoms with van der Waals surface area (Å²) in [4.78, 5) is 36.5. The zero-order valence-electron chi connectivity index (χ0n) is 20.4. The number of imidazole rings is 1. The molecule has 0 saturated carbocycles. The van der Waals surface area contributed by atoms with Crippen LogP contribution >= 0.6 is 0 Å². The number of anilines is 1. The van der Waals surface area contributed by atoms with Crippen LogP contribution in [0.15, 0.2) is 36.5 Å². The predicted molar refractivity (Wildman–Crippen MR) is 131 cm³/mol. The molecule has 1 N–H and O–H groups in total. The third-order valence-corrected chi connectivity index (χ3v) is 5.65. The van der Waals surface area contributed by atoms with Gasteiger partial charge < -0.3 is 14.4 Å². The number of hydrogen-bond donors (Lipinski definition) is 1. The van der Waals surface area contributed by atoms with Gasteiger partial charge in [-0.3, -0.25) is 19.5 Å². The average Bonchev–Trinajstić information content (AvgIpc) is 3.22. The van der Waals surface area contributed by atoms with Crippen molar-refractivity contribution < 1.29 is 19.1 Å². The van der Waals surface area contributed by atoms with Crippen molar-refractivity contribution in [2.45, 2.75) is 32.4 Å². The number of rotatable bonds is 11. The second kappa shape index (κ2) is 12.1. The topological polar surface area (TPSA) is 122 Å². The van der Waals surface area contributed by atoms with Crippen molar-refractivity contribution in [1.82, 2.24) is 19.4 Å². The number of benzene rings is 1. The van der Waals surface area contributed by atoms with Crippen LogP contribution < -0.4 is 5.32 Å². The number of likely N-dealkylation sites (N-methyl/N-ethyl adjacent to an activating group) is 1. The van der Waals surface area contributed by atoms with Gasteiger partial charge in [-0.15, -0.1) is 0 Å². The van der Waals surface area contributed by atoms with Gasteiger partial charge in [0.05, 0.1) is 23.3 Å². The Morgan fingerprint density at radius 3 is 2.74 bits per heavy atom. The Hall–Kier alpha value is -3.81. The first-order chi connectivity index (χ1) is 16.9. The van der Waals surface area contributed by atoms with Crippen LogP contribution in [0.4, 0.5) is 5.95 Å². The number of methoxy groups -OCH3 is 2. The number of carbonyl (C=O) groups is 2. The van der Waals surface area contributed by atoms with Crippen molar-refractivity contribution in [3.8, 4) is 6.07 Å². The highest BCUT2D eigenvalue weighted by atomic mass is 16.5. The maximum atomic E-state index is 13.0. The molecule has 0 spiro atoms. The number of amides is 2. The van der Waals surface area contributed by atoms with E-state index in [1.807, 2.05) is 13.0 Å². The monoisotopic (exact) mass is 478 g/mol. The molecule has 0 fully saturated rings. The first-order valence-corrected chi connectivity index (χ1v) is 11.4. The minimum Gasteiger partial charge on any atom is -0.385 e. The van der Waals surface area contributed by atoms with Gasteiger partial charge in [0, 0.05) is 52.7 Å². The van der Waals surface area contributed by atoms with Gasteiger partial charge >= 0.3 is 0 Å². The standard InChI is InChI=1S/C25H30N6O4/c1-5-20(35-4)16-30(2)24(33)19-13-21-22(27-15-19)31(10-7-11-34-3)25(28-21)29-23(32)18-9-6-8-17(12-18)14-26/h6,8-9,12-13,15,20H,5,7,10-11,16H2,1-4H3,(H,28,29,32). The Bertz CT molecular complexity index is 1230. The summed E-state index contributed by atoms with van der Waals surface area (Å²) < 4.78 is 12.3. The predicted octanol–water partition coefficient (Wildman–Crippen LogP) is 3.09. The largest absolute Gasteiger partial charge is 0.385 e. The van der Waals surface area contributed by atoms with Crippen molar-refractivity contribution in [3.63, 3.8) is 0 Å². The van der Waals surface area contributed by atoms with Gasteiger partial charge in [0.1, 0.15) is 5.52 Å². The Balaban J connectivity index is 1.91. The molecule has 0 aliphatic heterocycles. The first-order valence-electron chi connectivity index (χ1n) is 11.4. The molecular weight excluding hydrogens is 448 g/mol. The van der Waals surface area contributed by atoms with Gasteiger partial charge in [-0.25, -0.2) is 9.97 Å². The molecule has 3 aromatic rings. The van der Waals surface area contributed by atoms with E-state index < -0.39 is 5.91 Å². The van der Waals surface area contributed by atoms with Gasteiger partial charge in [-0.05, 0) is 37.1 Å². The molecule has 10 nitrogen and oxygen atoms in total. The fourth-order valence-corrected chi connectivity index (χ4v) is 3.68. The lowest BCUT2D eigenvalue weighted by Crippen LogP contribution is -2.35. The summed E-state index contributed by atoms with van der Waals surface area (Å²) in [7, 11) is 4.97. The van der Waals surface area contributed by atoms with E-state index in [1.54, 1.807) is 55.0 Å². The highest BCUT2D eigenvalue weighted by molar-refractivity contribution is 6.04. The number of nitrogens with one attached hydrogen (secondary N) is 1. The fraction of sp³-hybridized carbons (Fsp3) is 0.400. The van der Waals surface area contributed by atoms with E-state index in [-0.39, 0.29) is 12.0 Å².